The van der Waals surface area contributed by atoms with Crippen LogP contribution in [0.1, 0.15) is 12.8 Å². The van der Waals surface area contributed by atoms with Gasteiger partial charge in [-0.25, -0.2) is 0 Å². The van der Waals surface area contributed by atoms with Crippen LogP contribution in [0, 0.1) is 11.8 Å². The summed E-state index contributed by atoms with van der Waals surface area (Å²) in [6.07, 6.45) is 2.67. The molecule has 1 aromatic rings. The molecular weight excluding hydrogens is 174 g/mol. The third kappa shape index (κ3) is 2.48. The Morgan fingerprint density at radius 2 is 2.00 bits per heavy atom. The van der Waals surface area contributed by atoms with Crippen molar-refractivity contribution in [2.75, 3.05) is 13.2 Å². The molecule has 2 heteroatoms. The predicted octanol–water partition coefficient (Wildman–Crippen LogP) is 2.05. The van der Waals surface area contributed by atoms with Crippen molar-refractivity contribution >= 4 is 0 Å². The normalized spacial score (nSPS) is 17.8. The highest BCUT2D eigenvalue weighted by molar-refractivity contribution is 5.20. The highest BCUT2D eigenvalue weighted by Crippen LogP contribution is 2.36. The molecule has 1 fully saturated rings. The maximum absolute atomic E-state index is 5.70. The Balaban J connectivity index is 1.81. The Labute approximate surface area is 85.1 Å². The smallest absolute Gasteiger partial charge is 0.119 e. The highest BCUT2D eigenvalue weighted by atomic mass is 16.5. The van der Waals surface area contributed by atoms with E-state index in [4.69, 9.17) is 10.5 Å². The first-order valence-corrected chi connectivity index (χ1v) is 5.28. The summed E-state index contributed by atoms with van der Waals surface area (Å²) in [5.41, 5.74) is 5.70. The number of hydrogen-bond acceptors (Lipinski definition) is 2. The minimum absolute atomic E-state index is 0.551. The van der Waals surface area contributed by atoms with Crippen LogP contribution < -0.4 is 10.5 Å². The minimum atomic E-state index is 0.551. The Hall–Kier alpha value is -1.02. The summed E-state index contributed by atoms with van der Waals surface area (Å²) in [7, 11) is 0. The molecule has 0 aliphatic heterocycles. The average molecular weight is 191 g/mol. The fraction of sp³-hybridized carbons (Fsp3) is 0.500. The largest absolute Gasteiger partial charge is 0.493 e. The standard InChI is InChI=1S/C12H17NO/c13-8-11(10-6-7-10)9-14-12-4-2-1-3-5-12/h1-5,10-11H,6-9,13H2. The predicted molar refractivity (Wildman–Crippen MR) is 57.2 cm³/mol. The van der Waals surface area contributed by atoms with Crippen molar-refractivity contribution in [3.63, 3.8) is 0 Å². The van der Waals surface area contributed by atoms with E-state index in [2.05, 4.69) is 0 Å². The van der Waals surface area contributed by atoms with Crippen LogP contribution in [-0.4, -0.2) is 13.2 Å². The molecule has 14 heavy (non-hydrogen) atoms. The fourth-order valence-electron chi connectivity index (χ4n) is 1.68. The average Bonchev–Trinajstić information content (AvgIpc) is 3.05. The van der Waals surface area contributed by atoms with E-state index in [0.717, 1.165) is 24.8 Å². The lowest BCUT2D eigenvalue weighted by atomic mass is 10.1. The number of rotatable bonds is 5. The van der Waals surface area contributed by atoms with Crippen LogP contribution in [0.15, 0.2) is 30.3 Å². The molecule has 0 radical (unpaired) electrons. The van der Waals surface area contributed by atoms with E-state index in [1.54, 1.807) is 0 Å². The third-order valence-electron chi connectivity index (χ3n) is 2.80. The molecule has 1 atom stereocenters. The second-order valence-electron chi connectivity index (χ2n) is 3.96. The van der Waals surface area contributed by atoms with E-state index in [1.165, 1.54) is 12.8 Å². The Morgan fingerprint density at radius 1 is 1.29 bits per heavy atom. The van der Waals surface area contributed by atoms with Gasteiger partial charge in [-0.1, -0.05) is 18.2 Å². The summed E-state index contributed by atoms with van der Waals surface area (Å²) in [5, 5.41) is 0. The van der Waals surface area contributed by atoms with Gasteiger partial charge in [0.25, 0.3) is 0 Å². The van der Waals surface area contributed by atoms with Crippen molar-refractivity contribution in [1.82, 2.24) is 0 Å². The van der Waals surface area contributed by atoms with Gasteiger partial charge in [0.2, 0.25) is 0 Å². The van der Waals surface area contributed by atoms with E-state index in [0.29, 0.717) is 5.92 Å². The summed E-state index contributed by atoms with van der Waals surface area (Å²) >= 11 is 0. The second-order valence-corrected chi connectivity index (χ2v) is 3.96. The third-order valence-corrected chi connectivity index (χ3v) is 2.80. The summed E-state index contributed by atoms with van der Waals surface area (Å²) in [5.74, 6) is 2.32. The SMILES string of the molecule is NCC(COc1ccccc1)C1CC1. The summed E-state index contributed by atoms with van der Waals surface area (Å²) in [6.45, 7) is 1.52. The molecule has 0 saturated heterocycles. The molecule has 0 heterocycles. The molecule has 1 saturated carbocycles. The molecule has 1 aromatic carbocycles. The molecule has 1 unspecified atom stereocenters. The summed E-state index contributed by atoms with van der Waals surface area (Å²) in [6, 6.07) is 9.95. The molecule has 0 bridgehead atoms. The van der Waals surface area contributed by atoms with Crippen molar-refractivity contribution < 1.29 is 4.74 Å². The maximum Gasteiger partial charge on any atom is 0.119 e. The lowest BCUT2D eigenvalue weighted by Gasteiger charge is -2.14. The zero-order chi connectivity index (χ0) is 9.80. The van der Waals surface area contributed by atoms with E-state index >= 15 is 0 Å². The molecule has 1 aliphatic carbocycles. The summed E-state index contributed by atoms with van der Waals surface area (Å²) < 4.78 is 5.68. The van der Waals surface area contributed by atoms with E-state index in [-0.39, 0.29) is 0 Å². The molecular formula is C12H17NO. The van der Waals surface area contributed by atoms with Crippen molar-refractivity contribution in [1.29, 1.82) is 0 Å². The molecule has 0 aromatic heterocycles. The van der Waals surface area contributed by atoms with Gasteiger partial charge in [-0.05, 0) is 37.4 Å². The molecule has 0 spiro atoms. The van der Waals surface area contributed by atoms with Crippen LogP contribution in [0.4, 0.5) is 0 Å². The first-order valence-electron chi connectivity index (χ1n) is 5.28. The van der Waals surface area contributed by atoms with Crippen LogP contribution in [0.3, 0.4) is 0 Å². The fourth-order valence-corrected chi connectivity index (χ4v) is 1.68. The van der Waals surface area contributed by atoms with Gasteiger partial charge in [-0.2, -0.15) is 0 Å². The number of nitrogens with two attached hydrogens (primary N) is 1. The van der Waals surface area contributed by atoms with Gasteiger partial charge in [0.1, 0.15) is 5.75 Å². The molecule has 1 aliphatic rings. The monoisotopic (exact) mass is 191 g/mol. The topological polar surface area (TPSA) is 35.2 Å². The molecule has 2 nitrogen and oxygen atoms in total. The van der Waals surface area contributed by atoms with Crippen LogP contribution in [0.2, 0.25) is 0 Å². The number of benzene rings is 1. The van der Waals surface area contributed by atoms with E-state index < -0.39 is 0 Å². The van der Waals surface area contributed by atoms with Gasteiger partial charge in [-0.15, -0.1) is 0 Å². The van der Waals surface area contributed by atoms with Crippen LogP contribution in [0.5, 0.6) is 5.75 Å². The molecule has 0 amide bonds. The zero-order valence-electron chi connectivity index (χ0n) is 8.36. The zero-order valence-corrected chi connectivity index (χ0v) is 8.36. The van der Waals surface area contributed by atoms with Crippen molar-refractivity contribution in [2.45, 2.75) is 12.8 Å². The molecule has 2 N–H and O–H groups in total. The molecule has 76 valence electrons. The van der Waals surface area contributed by atoms with Crippen molar-refractivity contribution in [2.24, 2.45) is 17.6 Å². The van der Waals surface area contributed by atoms with E-state index in [1.807, 2.05) is 30.3 Å². The van der Waals surface area contributed by atoms with Crippen LogP contribution >= 0.6 is 0 Å². The first kappa shape index (κ1) is 9.53. The Bertz CT molecular complexity index is 269. The quantitative estimate of drug-likeness (QED) is 0.773. The Morgan fingerprint density at radius 3 is 2.57 bits per heavy atom. The number of para-hydroxylation sites is 1. The minimum Gasteiger partial charge on any atom is -0.493 e. The maximum atomic E-state index is 5.70. The number of hydrogen-bond donors (Lipinski definition) is 1. The lowest BCUT2D eigenvalue weighted by molar-refractivity contribution is 0.236. The second kappa shape index (κ2) is 4.47. The van der Waals surface area contributed by atoms with Gasteiger partial charge in [-0.3, -0.25) is 0 Å². The van der Waals surface area contributed by atoms with Gasteiger partial charge in [0, 0.05) is 5.92 Å². The van der Waals surface area contributed by atoms with Crippen LogP contribution in [-0.2, 0) is 0 Å². The van der Waals surface area contributed by atoms with Gasteiger partial charge in [0.15, 0.2) is 0 Å². The first-order chi connectivity index (χ1) is 6.90. The summed E-state index contributed by atoms with van der Waals surface area (Å²) in [4.78, 5) is 0. The van der Waals surface area contributed by atoms with Crippen LogP contribution in [0.25, 0.3) is 0 Å². The van der Waals surface area contributed by atoms with Gasteiger partial charge < -0.3 is 10.5 Å². The number of ether oxygens (including phenoxy) is 1. The lowest BCUT2D eigenvalue weighted by Crippen LogP contribution is -2.23. The van der Waals surface area contributed by atoms with Gasteiger partial charge >= 0.3 is 0 Å². The molecule has 2 rings (SSSR count). The highest BCUT2D eigenvalue weighted by Gasteiger charge is 2.30. The Kier molecular flexibility index (Phi) is 3.04. The van der Waals surface area contributed by atoms with E-state index in [9.17, 15) is 0 Å². The van der Waals surface area contributed by atoms with Crippen molar-refractivity contribution in [3.05, 3.63) is 30.3 Å². The van der Waals surface area contributed by atoms with Gasteiger partial charge in [0.05, 0.1) is 6.61 Å². The van der Waals surface area contributed by atoms with Crippen molar-refractivity contribution in [3.8, 4) is 5.75 Å².